The van der Waals surface area contributed by atoms with Crippen molar-refractivity contribution in [2.24, 2.45) is 0 Å². The molecule has 1 aliphatic heterocycles. The minimum absolute atomic E-state index is 0.0259. The number of carbonyl (C=O) groups excluding carboxylic acids is 2. The highest BCUT2D eigenvalue weighted by molar-refractivity contribution is 7.92. The van der Waals surface area contributed by atoms with E-state index in [-0.39, 0.29) is 37.1 Å². The van der Waals surface area contributed by atoms with Crippen LogP contribution >= 0.6 is 0 Å². The Hall–Kier alpha value is -3.07. The van der Waals surface area contributed by atoms with Gasteiger partial charge >= 0.3 is 0 Å². The lowest BCUT2D eigenvalue weighted by Gasteiger charge is -2.29. The van der Waals surface area contributed by atoms with E-state index in [0.717, 1.165) is 0 Å². The van der Waals surface area contributed by atoms with Gasteiger partial charge in [0.2, 0.25) is 15.9 Å². The Labute approximate surface area is 176 Å². The van der Waals surface area contributed by atoms with Crippen molar-refractivity contribution in [3.05, 3.63) is 48.0 Å². The summed E-state index contributed by atoms with van der Waals surface area (Å²) in [5.74, 6) is 0.159. The predicted molar refractivity (Wildman–Crippen MR) is 116 cm³/mol. The quantitative estimate of drug-likeness (QED) is 0.669. The first-order valence-corrected chi connectivity index (χ1v) is 11.4. The number of sulfonamides is 1. The second kappa shape index (κ2) is 9.17. The molecule has 1 heterocycles. The fraction of sp³-hybridized carbons (Fsp3) is 0.333. The summed E-state index contributed by atoms with van der Waals surface area (Å²) >= 11 is 0. The van der Waals surface area contributed by atoms with Crippen LogP contribution in [0.2, 0.25) is 0 Å². The van der Waals surface area contributed by atoms with Crippen LogP contribution in [0, 0.1) is 6.92 Å². The number of hydrogen-bond acceptors (Lipinski definition) is 5. The molecule has 9 heteroatoms. The molecule has 0 bridgehead atoms. The molecular formula is C21H25N3O5S. The smallest absolute Gasteiger partial charge is 0.265 e. The molecule has 0 aliphatic carbocycles. The Kier molecular flexibility index (Phi) is 6.61. The first-order valence-electron chi connectivity index (χ1n) is 9.73. The summed E-state index contributed by atoms with van der Waals surface area (Å²) in [6, 6.07) is 12.2. The lowest BCUT2D eigenvalue weighted by atomic mass is 10.1. The van der Waals surface area contributed by atoms with Crippen molar-refractivity contribution in [3.63, 3.8) is 0 Å². The molecule has 0 unspecified atom stereocenters. The zero-order valence-corrected chi connectivity index (χ0v) is 17.8. The molecule has 0 spiro atoms. The van der Waals surface area contributed by atoms with E-state index < -0.39 is 10.0 Å². The summed E-state index contributed by atoms with van der Waals surface area (Å²) in [6.45, 7) is 3.69. The summed E-state index contributed by atoms with van der Waals surface area (Å²) < 4.78 is 32.1. The summed E-state index contributed by atoms with van der Waals surface area (Å²) in [5, 5.41) is 2.80. The zero-order chi connectivity index (χ0) is 21.7. The maximum absolute atomic E-state index is 12.5. The molecule has 2 aromatic rings. The molecule has 8 nitrogen and oxygen atoms in total. The highest BCUT2D eigenvalue weighted by Gasteiger charge is 2.25. The second-order valence-corrected chi connectivity index (χ2v) is 8.84. The van der Waals surface area contributed by atoms with Gasteiger partial charge < -0.3 is 15.0 Å². The molecule has 0 radical (unpaired) electrons. The summed E-state index contributed by atoms with van der Waals surface area (Å²) in [6.07, 6.45) is 0.597. The number of carbonyl (C=O) groups is 2. The van der Waals surface area contributed by atoms with Crippen LogP contribution in [0.1, 0.15) is 25.3 Å². The molecule has 3 rings (SSSR count). The first-order chi connectivity index (χ1) is 14.3. The molecule has 2 aromatic carbocycles. The van der Waals surface area contributed by atoms with Gasteiger partial charge in [-0.05, 0) is 43.2 Å². The van der Waals surface area contributed by atoms with E-state index in [4.69, 9.17) is 4.74 Å². The standard InChI is InChI=1S/C21H25N3O5S/c1-3-13-30(27,28)23-17-8-6-7-16(15(17)2)22-20(25)11-12-24-18-9-4-5-10-19(18)29-14-21(24)26/h4-10,23H,3,11-14H2,1-2H3,(H,22,25). The fourth-order valence-electron chi connectivity index (χ4n) is 3.19. The van der Waals surface area contributed by atoms with Crippen molar-refractivity contribution in [2.75, 3.05) is 33.8 Å². The Morgan fingerprint density at radius 2 is 1.87 bits per heavy atom. The number of rotatable bonds is 8. The van der Waals surface area contributed by atoms with Gasteiger partial charge in [0.15, 0.2) is 6.61 Å². The van der Waals surface area contributed by atoms with E-state index >= 15 is 0 Å². The third kappa shape index (κ3) is 5.10. The van der Waals surface area contributed by atoms with Crippen molar-refractivity contribution < 1.29 is 22.7 Å². The van der Waals surface area contributed by atoms with Crippen molar-refractivity contribution >= 4 is 38.9 Å². The summed E-state index contributed by atoms with van der Waals surface area (Å²) in [5.41, 5.74) is 2.22. The molecule has 30 heavy (non-hydrogen) atoms. The topological polar surface area (TPSA) is 105 Å². The van der Waals surface area contributed by atoms with Crippen LogP contribution in [0.25, 0.3) is 0 Å². The fourth-order valence-corrected chi connectivity index (χ4v) is 4.39. The van der Waals surface area contributed by atoms with Crippen molar-refractivity contribution in [2.45, 2.75) is 26.7 Å². The van der Waals surface area contributed by atoms with Crippen LogP contribution in [-0.2, 0) is 19.6 Å². The highest BCUT2D eigenvalue weighted by Crippen LogP contribution is 2.31. The largest absolute Gasteiger partial charge is 0.482 e. The number of hydrogen-bond donors (Lipinski definition) is 2. The number of benzene rings is 2. The van der Waals surface area contributed by atoms with Crippen LogP contribution in [-0.4, -0.2) is 39.1 Å². The van der Waals surface area contributed by atoms with Gasteiger partial charge in [-0.15, -0.1) is 0 Å². The van der Waals surface area contributed by atoms with Crippen molar-refractivity contribution in [3.8, 4) is 5.75 Å². The van der Waals surface area contributed by atoms with E-state index in [1.807, 2.05) is 12.1 Å². The van der Waals surface area contributed by atoms with Crippen molar-refractivity contribution in [1.29, 1.82) is 0 Å². The van der Waals surface area contributed by atoms with Gasteiger partial charge in [-0.1, -0.05) is 25.1 Å². The number of nitrogens with zero attached hydrogens (tertiary/aromatic N) is 1. The molecule has 0 fully saturated rings. The normalized spacial score (nSPS) is 13.4. The maximum Gasteiger partial charge on any atom is 0.265 e. The number of para-hydroxylation sites is 2. The SMILES string of the molecule is CCCS(=O)(=O)Nc1cccc(NC(=O)CCN2C(=O)COc3ccccc32)c1C. The molecule has 2 N–H and O–H groups in total. The molecule has 0 aromatic heterocycles. The van der Waals surface area contributed by atoms with Crippen molar-refractivity contribution in [1.82, 2.24) is 0 Å². The summed E-state index contributed by atoms with van der Waals surface area (Å²) in [7, 11) is -3.43. The number of amides is 2. The van der Waals surface area contributed by atoms with Gasteiger partial charge in [-0.3, -0.25) is 14.3 Å². The van der Waals surface area contributed by atoms with E-state index in [2.05, 4.69) is 10.0 Å². The highest BCUT2D eigenvalue weighted by atomic mass is 32.2. The average Bonchev–Trinajstić information content (AvgIpc) is 2.70. The van der Waals surface area contributed by atoms with Crippen LogP contribution in [0.5, 0.6) is 5.75 Å². The lowest BCUT2D eigenvalue weighted by molar-refractivity contribution is -0.121. The molecule has 1 aliphatic rings. The first kappa shape index (κ1) is 21.6. The maximum atomic E-state index is 12.5. The Morgan fingerprint density at radius 1 is 1.13 bits per heavy atom. The molecule has 0 saturated heterocycles. The summed E-state index contributed by atoms with van der Waals surface area (Å²) in [4.78, 5) is 26.3. The minimum atomic E-state index is -3.43. The Bertz CT molecular complexity index is 1050. The number of nitrogens with one attached hydrogen (secondary N) is 2. The van der Waals surface area contributed by atoms with E-state index in [1.165, 1.54) is 0 Å². The van der Waals surface area contributed by atoms with Crippen LogP contribution in [0.15, 0.2) is 42.5 Å². The molecule has 0 saturated carbocycles. The monoisotopic (exact) mass is 431 g/mol. The van der Waals surface area contributed by atoms with E-state index in [0.29, 0.717) is 34.8 Å². The third-order valence-electron chi connectivity index (χ3n) is 4.72. The predicted octanol–water partition coefficient (Wildman–Crippen LogP) is 2.90. The molecule has 0 atom stereocenters. The Morgan fingerprint density at radius 3 is 2.63 bits per heavy atom. The van der Waals surface area contributed by atoms with Gasteiger partial charge in [-0.25, -0.2) is 8.42 Å². The lowest BCUT2D eigenvalue weighted by Crippen LogP contribution is -2.40. The van der Waals surface area contributed by atoms with Crippen LogP contribution < -0.4 is 19.7 Å². The number of ether oxygens (including phenoxy) is 1. The second-order valence-electron chi connectivity index (χ2n) is 7.00. The molecular weight excluding hydrogens is 406 g/mol. The van der Waals surface area contributed by atoms with Gasteiger partial charge in [-0.2, -0.15) is 0 Å². The third-order valence-corrected chi connectivity index (χ3v) is 6.19. The van der Waals surface area contributed by atoms with Gasteiger partial charge in [0.05, 0.1) is 17.1 Å². The van der Waals surface area contributed by atoms with Crippen LogP contribution in [0.4, 0.5) is 17.1 Å². The van der Waals surface area contributed by atoms with E-state index in [9.17, 15) is 18.0 Å². The number of anilines is 3. The van der Waals surface area contributed by atoms with Gasteiger partial charge in [0.1, 0.15) is 5.75 Å². The van der Waals surface area contributed by atoms with Gasteiger partial charge in [0, 0.05) is 18.7 Å². The number of fused-ring (bicyclic) bond motifs is 1. The van der Waals surface area contributed by atoms with E-state index in [1.54, 1.807) is 49.1 Å². The molecule has 2 amide bonds. The minimum Gasteiger partial charge on any atom is -0.482 e. The Balaban J connectivity index is 1.66. The van der Waals surface area contributed by atoms with Gasteiger partial charge in [0.25, 0.3) is 5.91 Å². The average molecular weight is 432 g/mol. The zero-order valence-electron chi connectivity index (χ0n) is 17.0. The van der Waals surface area contributed by atoms with Crippen LogP contribution in [0.3, 0.4) is 0 Å². The molecule has 160 valence electrons.